The van der Waals surface area contributed by atoms with E-state index in [9.17, 15) is 24.0 Å². The molecule has 0 radical (unpaired) electrons. The molecule has 0 aliphatic heterocycles. The van der Waals surface area contributed by atoms with Crippen LogP contribution in [0.3, 0.4) is 0 Å². The number of ether oxygens (including phenoxy) is 11. The van der Waals surface area contributed by atoms with Gasteiger partial charge in [-0.05, 0) is 90.9 Å². The second-order valence-corrected chi connectivity index (χ2v) is 15.0. The van der Waals surface area contributed by atoms with Gasteiger partial charge in [-0.15, -0.1) is 0 Å². The number of hydrogen-bond donors (Lipinski definition) is 2. The van der Waals surface area contributed by atoms with E-state index in [2.05, 4.69) is 10.6 Å². The number of nitrogens with one attached hydrogen (secondary N) is 2. The third-order valence-corrected chi connectivity index (χ3v) is 11.1. The lowest BCUT2D eigenvalue weighted by Crippen LogP contribution is -2.43. The lowest BCUT2D eigenvalue weighted by Gasteiger charge is -2.34. The maximum absolute atomic E-state index is 13.6. The first-order valence-electron chi connectivity index (χ1n) is 20.8. The first kappa shape index (κ1) is 49.9. The summed E-state index contributed by atoms with van der Waals surface area (Å²) in [5.41, 5.74) is 1.16. The number of methoxy groups -OCH3 is 9. The molecule has 5 aromatic carbocycles. The van der Waals surface area contributed by atoms with Crippen molar-refractivity contribution < 1.29 is 76.1 Å². The lowest BCUT2D eigenvalue weighted by atomic mass is 9.84. The highest BCUT2D eigenvalue weighted by molar-refractivity contribution is 6.07. The summed E-state index contributed by atoms with van der Waals surface area (Å²) in [4.78, 5) is 65.9. The van der Waals surface area contributed by atoms with Crippen LogP contribution in [0.5, 0.6) is 46.0 Å². The number of hydrogen-bond acceptors (Lipinski definition) is 16. The zero-order valence-corrected chi connectivity index (χ0v) is 39.4. The molecular formula is C51H50N2O16. The molecule has 1 aliphatic carbocycles. The highest BCUT2D eigenvalue weighted by atomic mass is 16.6. The number of esters is 2. The first-order valence-corrected chi connectivity index (χ1v) is 20.8. The van der Waals surface area contributed by atoms with Crippen molar-refractivity contribution in [2.75, 3.05) is 74.6 Å². The number of carbonyl (C=O) groups is 5. The van der Waals surface area contributed by atoms with E-state index < -0.39 is 35.3 Å². The Bertz CT molecular complexity index is 2850. The van der Waals surface area contributed by atoms with Crippen LogP contribution < -0.4 is 48.5 Å². The third kappa shape index (κ3) is 10.7. The zero-order valence-electron chi connectivity index (χ0n) is 39.4. The fraction of sp³-hybridized carbons (Fsp3) is 0.235. The molecule has 5 aromatic rings. The average Bonchev–Trinajstić information content (AvgIpc) is 3.38. The van der Waals surface area contributed by atoms with Crippen molar-refractivity contribution in [2.45, 2.75) is 12.5 Å². The van der Waals surface area contributed by atoms with Gasteiger partial charge in [0.05, 0.1) is 73.8 Å². The average molecular weight is 947 g/mol. The van der Waals surface area contributed by atoms with Gasteiger partial charge in [-0.1, -0.05) is 12.1 Å². The molecule has 360 valence electrons. The smallest absolute Gasteiger partial charge is 0.347 e. The topological polar surface area (TPSA) is 211 Å². The van der Waals surface area contributed by atoms with Gasteiger partial charge in [-0.25, -0.2) is 4.79 Å². The fourth-order valence-electron chi connectivity index (χ4n) is 7.26. The Morgan fingerprint density at radius 1 is 0.507 bits per heavy atom. The lowest BCUT2D eigenvalue weighted by molar-refractivity contribution is -0.144. The van der Waals surface area contributed by atoms with Crippen molar-refractivity contribution in [3.8, 4) is 57.1 Å². The Hall–Kier alpha value is -8.51. The Kier molecular flexibility index (Phi) is 15.8. The molecule has 1 aliphatic rings. The van der Waals surface area contributed by atoms with Crippen LogP contribution >= 0.6 is 0 Å². The number of rotatable bonds is 19. The summed E-state index contributed by atoms with van der Waals surface area (Å²) in [6, 6.07) is 21.5. The Balaban J connectivity index is 1.14. The molecule has 0 bridgehead atoms. The standard InChI is InChI=1S/C51H50N2O16/c1-51(67-10)26-46(66-9)44(64-7)24-34(51)50(58)69-38-18-14-31(22-42(38)62-5)48(56)53-36-16-12-29(21-41(36)61-4)28-11-15-35(40(20-28)60-3)52-47(55)30-13-17-37(32(19-30)27-54)68-49(57)33-23-43(63-6)45(65-8)25-39(33)59-2/h11-27,34H,1-10H3,(H,52,55)(H,53,56). The molecule has 0 saturated carbocycles. The van der Waals surface area contributed by atoms with Gasteiger partial charge < -0.3 is 62.7 Å². The molecule has 18 nitrogen and oxygen atoms in total. The molecule has 2 atom stereocenters. The summed E-state index contributed by atoms with van der Waals surface area (Å²) in [7, 11) is 12.9. The summed E-state index contributed by atoms with van der Waals surface area (Å²) in [5, 5.41) is 5.65. The molecule has 0 saturated heterocycles. The Labute approximate surface area is 397 Å². The summed E-state index contributed by atoms with van der Waals surface area (Å²) in [5.74, 6) is -1.26. The van der Waals surface area contributed by atoms with Crippen molar-refractivity contribution >= 4 is 41.4 Å². The molecular weight excluding hydrogens is 897 g/mol. The third-order valence-electron chi connectivity index (χ3n) is 11.1. The van der Waals surface area contributed by atoms with Crippen LogP contribution in [0.15, 0.2) is 109 Å². The van der Waals surface area contributed by atoms with E-state index in [-0.39, 0.29) is 51.0 Å². The van der Waals surface area contributed by atoms with Crippen LogP contribution in [-0.4, -0.2) is 99.6 Å². The fourth-order valence-corrected chi connectivity index (χ4v) is 7.26. The van der Waals surface area contributed by atoms with Crippen molar-refractivity contribution in [1.82, 2.24) is 0 Å². The molecule has 0 fully saturated rings. The van der Waals surface area contributed by atoms with E-state index in [1.165, 1.54) is 113 Å². The van der Waals surface area contributed by atoms with Gasteiger partial charge in [0.1, 0.15) is 40.1 Å². The zero-order chi connectivity index (χ0) is 50.0. The second kappa shape index (κ2) is 21.9. The highest BCUT2D eigenvalue weighted by Gasteiger charge is 2.43. The summed E-state index contributed by atoms with van der Waals surface area (Å²) in [6.07, 6.45) is 3.66. The predicted octanol–water partition coefficient (Wildman–Crippen LogP) is 7.94. The molecule has 6 rings (SSSR count). The Morgan fingerprint density at radius 3 is 1.52 bits per heavy atom. The SMILES string of the molecule is COC1=CC(C(=O)Oc2ccc(C(=O)Nc3ccc(-c4ccc(NC(=O)c5ccc(OC(=O)c6cc(OC)c(OC)cc6OC)c(C=O)c5)c(OC)c4)cc3OC)cc2OC)C(C)(OC)C=C1OC. The summed E-state index contributed by atoms with van der Waals surface area (Å²) >= 11 is 0. The van der Waals surface area contributed by atoms with E-state index in [0.29, 0.717) is 57.6 Å². The minimum absolute atomic E-state index is 0.0140. The van der Waals surface area contributed by atoms with Crippen molar-refractivity contribution in [1.29, 1.82) is 0 Å². The van der Waals surface area contributed by atoms with Crippen LogP contribution in [0.25, 0.3) is 11.1 Å². The molecule has 0 spiro atoms. The normalized spacial score (nSPS) is 15.0. The van der Waals surface area contributed by atoms with Gasteiger partial charge in [0, 0.05) is 30.4 Å². The number of aldehydes is 1. The maximum Gasteiger partial charge on any atom is 0.347 e. The van der Waals surface area contributed by atoms with E-state index in [0.717, 1.165) is 0 Å². The maximum atomic E-state index is 13.6. The number of amides is 2. The van der Waals surface area contributed by atoms with Crippen molar-refractivity contribution in [2.24, 2.45) is 5.92 Å². The molecule has 0 aromatic heterocycles. The van der Waals surface area contributed by atoms with Gasteiger partial charge in [-0.2, -0.15) is 0 Å². The minimum atomic E-state index is -1.12. The first-order chi connectivity index (χ1) is 33.2. The van der Waals surface area contributed by atoms with Crippen LogP contribution in [0.4, 0.5) is 11.4 Å². The number of benzene rings is 5. The second-order valence-electron chi connectivity index (χ2n) is 15.0. The monoisotopic (exact) mass is 946 g/mol. The summed E-state index contributed by atoms with van der Waals surface area (Å²) < 4.78 is 60.5. The van der Waals surface area contributed by atoms with Crippen molar-refractivity contribution in [3.05, 3.63) is 131 Å². The Morgan fingerprint density at radius 2 is 1.01 bits per heavy atom. The van der Waals surface area contributed by atoms with Crippen molar-refractivity contribution in [3.63, 3.8) is 0 Å². The highest BCUT2D eigenvalue weighted by Crippen LogP contribution is 2.39. The van der Waals surface area contributed by atoms with E-state index in [4.69, 9.17) is 52.1 Å². The van der Waals surface area contributed by atoms with Crippen LogP contribution in [-0.2, 0) is 19.0 Å². The minimum Gasteiger partial charge on any atom is -0.496 e. The van der Waals surface area contributed by atoms with Crippen LogP contribution in [0.1, 0.15) is 48.4 Å². The summed E-state index contributed by atoms with van der Waals surface area (Å²) in [6.45, 7) is 1.71. The molecule has 18 heteroatoms. The quantitative estimate of drug-likeness (QED) is 0.0457. The van der Waals surface area contributed by atoms with Gasteiger partial charge in [0.25, 0.3) is 11.8 Å². The largest absolute Gasteiger partial charge is 0.496 e. The predicted molar refractivity (Wildman–Crippen MR) is 251 cm³/mol. The van der Waals surface area contributed by atoms with E-state index >= 15 is 0 Å². The van der Waals surface area contributed by atoms with Gasteiger partial charge in [0.2, 0.25) is 0 Å². The van der Waals surface area contributed by atoms with E-state index in [1.54, 1.807) is 55.5 Å². The van der Waals surface area contributed by atoms with Gasteiger partial charge in [-0.3, -0.25) is 19.2 Å². The van der Waals surface area contributed by atoms with Gasteiger partial charge >= 0.3 is 11.9 Å². The van der Waals surface area contributed by atoms with Crippen LogP contribution in [0.2, 0.25) is 0 Å². The van der Waals surface area contributed by atoms with Gasteiger partial charge in [0.15, 0.2) is 40.8 Å². The van der Waals surface area contributed by atoms with Crippen LogP contribution in [0, 0.1) is 5.92 Å². The molecule has 69 heavy (non-hydrogen) atoms. The molecule has 2 N–H and O–H groups in total. The van der Waals surface area contributed by atoms with E-state index in [1.807, 2.05) is 0 Å². The molecule has 0 heterocycles. The molecule has 2 amide bonds. The number of carbonyl (C=O) groups excluding carboxylic acids is 5. The molecule has 2 unspecified atom stereocenters. The number of anilines is 2.